The molecule has 27 heavy (non-hydrogen) atoms. The predicted octanol–water partition coefficient (Wildman–Crippen LogP) is 4.69. The van der Waals surface area contributed by atoms with Crippen molar-refractivity contribution in [1.29, 1.82) is 0 Å². The van der Waals surface area contributed by atoms with E-state index in [1.54, 1.807) is 36.4 Å². The molecule has 1 N–H and O–H groups in total. The van der Waals surface area contributed by atoms with Gasteiger partial charge in [-0.3, -0.25) is 0 Å². The molecule has 0 aliphatic carbocycles. The Balaban J connectivity index is 0.000000223. The Hall–Kier alpha value is -2.34. The number of carbonyl (C=O) groups excluding carboxylic acids is 1. The molecule has 0 bridgehead atoms. The van der Waals surface area contributed by atoms with Gasteiger partial charge in [-0.25, -0.2) is 14.0 Å². The van der Waals surface area contributed by atoms with Crippen molar-refractivity contribution >= 4 is 23.7 Å². The first-order chi connectivity index (χ1) is 12.8. The summed E-state index contributed by atoms with van der Waals surface area (Å²) < 4.78 is 18.1. The Morgan fingerprint density at radius 2 is 1.56 bits per heavy atom. The van der Waals surface area contributed by atoms with Gasteiger partial charge in [0, 0.05) is 11.0 Å². The van der Waals surface area contributed by atoms with E-state index in [4.69, 9.17) is 9.84 Å². The van der Waals surface area contributed by atoms with Crippen LogP contribution >= 0.6 is 11.8 Å². The summed E-state index contributed by atoms with van der Waals surface area (Å²) in [6.07, 6.45) is -0.255. The fourth-order valence-electron chi connectivity index (χ4n) is 2.42. The number of benzene rings is 2. The van der Waals surface area contributed by atoms with E-state index < -0.39 is 12.1 Å². The van der Waals surface area contributed by atoms with Crippen molar-refractivity contribution in [1.82, 2.24) is 0 Å². The van der Waals surface area contributed by atoms with Gasteiger partial charge in [0.2, 0.25) is 0 Å². The summed E-state index contributed by atoms with van der Waals surface area (Å²) in [6.45, 7) is 4.19. The molecule has 1 heterocycles. The van der Waals surface area contributed by atoms with Crippen molar-refractivity contribution in [3.8, 4) is 0 Å². The average Bonchev–Trinajstić information content (AvgIpc) is 3.06. The van der Waals surface area contributed by atoms with Crippen molar-refractivity contribution in [2.75, 3.05) is 12.4 Å². The van der Waals surface area contributed by atoms with Gasteiger partial charge < -0.3 is 9.84 Å². The van der Waals surface area contributed by atoms with E-state index in [0.717, 1.165) is 11.1 Å². The van der Waals surface area contributed by atoms with Gasteiger partial charge >= 0.3 is 11.9 Å². The van der Waals surface area contributed by atoms with E-state index >= 15 is 0 Å². The molecule has 1 aliphatic heterocycles. The third-order valence-electron chi connectivity index (χ3n) is 4.02. The molecule has 4 nitrogen and oxygen atoms in total. The molecule has 0 unspecified atom stereocenters. The molecule has 2 atom stereocenters. The molecule has 0 spiro atoms. The van der Waals surface area contributed by atoms with Crippen LogP contribution in [0.5, 0.6) is 0 Å². The van der Waals surface area contributed by atoms with Crippen LogP contribution in [0, 0.1) is 13.8 Å². The highest BCUT2D eigenvalue weighted by atomic mass is 32.2. The number of rotatable bonds is 4. The van der Waals surface area contributed by atoms with Crippen molar-refractivity contribution in [2.45, 2.75) is 31.7 Å². The molecule has 0 amide bonds. The molecule has 1 aliphatic rings. The van der Waals surface area contributed by atoms with Crippen LogP contribution in [-0.2, 0) is 4.74 Å². The largest absolute Gasteiger partial charge is 0.478 e. The van der Waals surface area contributed by atoms with Gasteiger partial charge in [-0.1, -0.05) is 35.4 Å². The molecule has 0 saturated carbocycles. The van der Waals surface area contributed by atoms with Gasteiger partial charge in [-0.2, -0.15) is 11.8 Å². The number of thioether (sulfide) groups is 1. The second kappa shape index (κ2) is 10.1. The van der Waals surface area contributed by atoms with Gasteiger partial charge in [0.05, 0.1) is 11.1 Å². The predicted molar refractivity (Wildman–Crippen MR) is 105 cm³/mol. The van der Waals surface area contributed by atoms with E-state index in [2.05, 4.69) is 0 Å². The molecular formula is C21H23FO4S. The minimum absolute atomic E-state index is 0.111. The first kappa shape index (κ1) is 21.0. The standard InChI is InChI=1S/C13H15FO2S.C8H8O2/c1-9-2-4-10(5-3-9)13(15)16-7-12-6-11(14)8-17-12;1-6-2-4-7(5-3-6)8(9)10/h2-5,11-12H,6-8H2,1H3;2-5H,1H3,(H,9,10)/t11-,12+;/m0./s1. The normalized spacial score (nSPS) is 18.3. The molecule has 1 fully saturated rings. The number of carboxylic acids is 1. The Labute approximate surface area is 162 Å². The maximum atomic E-state index is 12.9. The topological polar surface area (TPSA) is 63.6 Å². The first-order valence-corrected chi connectivity index (χ1v) is 9.69. The van der Waals surface area contributed by atoms with Crippen LogP contribution in [0.1, 0.15) is 38.3 Å². The van der Waals surface area contributed by atoms with Crippen molar-refractivity contribution in [2.24, 2.45) is 0 Å². The monoisotopic (exact) mass is 390 g/mol. The number of hydrogen-bond donors (Lipinski definition) is 1. The summed E-state index contributed by atoms with van der Waals surface area (Å²) in [6, 6.07) is 14.0. The zero-order chi connectivity index (χ0) is 19.8. The lowest BCUT2D eigenvalue weighted by molar-refractivity contribution is 0.0501. The number of carbonyl (C=O) groups is 2. The highest BCUT2D eigenvalue weighted by Gasteiger charge is 2.26. The summed E-state index contributed by atoms with van der Waals surface area (Å²) >= 11 is 1.54. The first-order valence-electron chi connectivity index (χ1n) is 8.64. The highest BCUT2D eigenvalue weighted by molar-refractivity contribution is 8.00. The molecule has 2 aromatic rings. The van der Waals surface area contributed by atoms with Crippen molar-refractivity contribution in [3.05, 3.63) is 70.8 Å². The number of hydrogen-bond acceptors (Lipinski definition) is 4. The van der Waals surface area contributed by atoms with Gasteiger partial charge in [0.15, 0.2) is 0 Å². The van der Waals surface area contributed by atoms with Gasteiger partial charge in [-0.05, 0) is 44.5 Å². The molecule has 0 radical (unpaired) electrons. The zero-order valence-electron chi connectivity index (χ0n) is 15.4. The maximum absolute atomic E-state index is 12.9. The Kier molecular flexibility index (Phi) is 7.85. The van der Waals surface area contributed by atoms with E-state index in [0.29, 0.717) is 29.9 Å². The number of aromatic carboxylic acids is 1. The lowest BCUT2D eigenvalue weighted by Gasteiger charge is -2.09. The number of aryl methyl sites for hydroxylation is 2. The van der Waals surface area contributed by atoms with Crippen LogP contribution in [-0.4, -0.2) is 40.8 Å². The zero-order valence-corrected chi connectivity index (χ0v) is 16.2. The molecule has 6 heteroatoms. The van der Waals surface area contributed by atoms with Gasteiger partial charge in [0.25, 0.3) is 0 Å². The fourth-order valence-corrected chi connectivity index (χ4v) is 3.54. The summed E-state index contributed by atoms with van der Waals surface area (Å²) in [5.74, 6) is -0.680. The smallest absolute Gasteiger partial charge is 0.338 e. The Bertz CT molecular complexity index is 759. The third kappa shape index (κ3) is 7.06. The number of carboxylic acid groups (broad SMARTS) is 1. The summed E-state index contributed by atoms with van der Waals surface area (Å²) in [5, 5.41) is 8.59. The lowest BCUT2D eigenvalue weighted by Crippen LogP contribution is -2.15. The van der Waals surface area contributed by atoms with E-state index in [9.17, 15) is 14.0 Å². The number of halogens is 1. The number of esters is 1. The maximum Gasteiger partial charge on any atom is 0.338 e. The minimum atomic E-state index is -0.875. The van der Waals surface area contributed by atoms with Crippen molar-refractivity contribution < 1.29 is 23.8 Å². The van der Waals surface area contributed by atoms with Gasteiger partial charge in [-0.15, -0.1) is 0 Å². The molecule has 3 rings (SSSR count). The minimum Gasteiger partial charge on any atom is -0.478 e. The fraction of sp³-hybridized carbons (Fsp3) is 0.333. The van der Waals surface area contributed by atoms with Crippen LogP contribution in [0.2, 0.25) is 0 Å². The second-order valence-electron chi connectivity index (χ2n) is 6.42. The quantitative estimate of drug-likeness (QED) is 0.768. The SMILES string of the molecule is Cc1ccc(C(=O)O)cc1.Cc1ccc(C(=O)OC[C@H]2C[C@H](F)CS2)cc1. The summed E-state index contributed by atoms with van der Waals surface area (Å²) in [7, 11) is 0. The molecular weight excluding hydrogens is 367 g/mol. The van der Waals surface area contributed by atoms with E-state index in [1.165, 1.54) is 11.8 Å². The van der Waals surface area contributed by atoms with Crippen LogP contribution < -0.4 is 0 Å². The van der Waals surface area contributed by atoms with Crippen LogP contribution in [0.25, 0.3) is 0 Å². The summed E-state index contributed by atoms with van der Waals surface area (Å²) in [5.41, 5.74) is 3.07. The Morgan fingerprint density at radius 3 is 2.00 bits per heavy atom. The van der Waals surface area contributed by atoms with Crippen LogP contribution in [0.15, 0.2) is 48.5 Å². The van der Waals surface area contributed by atoms with Crippen molar-refractivity contribution in [3.63, 3.8) is 0 Å². The van der Waals surface area contributed by atoms with Gasteiger partial charge in [0.1, 0.15) is 12.8 Å². The van der Waals surface area contributed by atoms with E-state index in [1.807, 2.05) is 26.0 Å². The average molecular weight is 390 g/mol. The molecule has 2 aromatic carbocycles. The Morgan fingerprint density at radius 1 is 1.04 bits per heavy atom. The van der Waals surface area contributed by atoms with Crippen LogP contribution in [0.3, 0.4) is 0 Å². The third-order valence-corrected chi connectivity index (χ3v) is 5.37. The number of ether oxygens (including phenoxy) is 1. The van der Waals surface area contributed by atoms with Crippen LogP contribution in [0.4, 0.5) is 4.39 Å². The molecule has 0 aromatic heterocycles. The van der Waals surface area contributed by atoms with E-state index in [-0.39, 0.29) is 11.2 Å². The highest BCUT2D eigenvalue weighted by Crippen LogP contribution is 2.28. The number of alkyl halides is 1. The summed E-state index contributed by atoms with van der Waals surface area (Å²) in [4.78, 5) is 22.0. The molecule has 1 saturated heterocycles. The second-order valence-corrected chi connectivity index (χ2v) is 7.76. The molecule has 144 valence electrons. The lowest BCUT2D eigenvalue weighted by atomic mass is 10.1.